The Kier molecular flexibility index (Phi) is 10.2. The van der Waals surface area contributed by atoms with E-state index in [4.69, 9.17) is 15.0 Å². The molecule has 0 saturated heterocycles. The normalized spacial score (nSPS) is 19.5. The fourth-order valence-corrected chi connectivity index (χ4v) is 10.8. The van der Waals surface area contributed by atoms with Crippen molar-refractivity contribution in [3.05, 3.63) is 187 Å². The minimum absolute atomic E-state index is 0.263. The van der Waals surface area contributed by atoms with E-state index in [1.54, 1.807) is 0 Å². The second-order valence-corrected chi connectivity index (χ2v) is 17.6. The molecule has 61 heavy (non-hydrogen) atoms. The van der Waals surface area contributed by atoms with Gasteiger partial charge < -0.3 is 0 Å². The van der Waals surface area contributed by atoms with Gasteiger partial charge in [-0.2, -0.15) is 5.26 Å². The predicted octanol–water partition coefficient (Wildman–Crippen LogP) is 14.5. The van der Waals surface area contributed by atoms with Crippen molar-refractivity contribution in [1.82, 2.24) is 15.0 Å². The quantitative estimate of drug-likeness (QED) is 0.154. The highest BCUT2D eigenvalue weighted by Gasteiger charge is 2.45. The summed E-state index contributed by atoms with van der Waals surface area (Å²) in [6, 6.07) is 63.8. The van der Waals surface area contributed by atoms with Gasteiger partial charge in [-0.25, -0.2) is 15.0 Å². The van der Waals surface area contributed by atoms with E-state index in [2.05, 4.69) is 153 Å². The molecule has 2 unspecified atom stereocenters. The average molecular weight is 789 g/mol. The molecule has 8 aromatic rings. The van der Waals surface area contributed by atoms with E-state index >= 15 is 0 Å². The molecule has 4 atom stereocenters. The third-order valence-corrected chi connectivity index (χ3v) is 13.2. The topological polar surface area (TPSA) is 62.5 Å². The van der Waals surface area contributed by atoms with Crippen LogP contribution >= 0.6 is 0 Å². The first-order valence-electron chi connectivity index (χ1n) is 21.7. The zero-order chi connectivity index (χ0) is 41.3. The molecular weight excluding hydrogens is 741 g/mol. The van der Waals surface area contributed by atoms with Gasteiger partial charge >= 0.3 is 0 Å². The van der Waals surface area contributed by atoms with Crippen molar-refractivity contribution in [1.29, 1.82) is 5.26 Å². The number of nitrogens with zero attached hydrogens (tertiary/aromatic N) is 4. The van der Waals surface area contributed by atoms with Crippen LogP contribution in [0.5, 0.6) is 0 Å². The van der Waals surface area contributed by atoms with E-state index in [9.17, 15) is 5.26 Å². The summed E-state index contributed by atoms with van der Waals surface area (Å²) in [4.78, 5) is 15.8. The summed E-state index contributed by atoms with van der Waals surface area (Å²) in [7, 11) is 0. The summed E-state index contributed by atoms with van der Waals surface area (Å²) < 4.78 is 0. The van der Waals surface area contributed by atoms with E-state index in [0.29, 0.717) is 23.0 Å². The molecule has 0 N–H and O–H groups in total. The molecule has 1 aromatic heterocycles. The molecule has 1 heterocycles. The first-order chi connectivity index (χ1) is 29.9. The second-order valence-electron chi connectivity index (χ2n) is 17.6. The summed E-state index contributed by atoms with van der Waals surface area (Å²) >= 11 is 0. The number of fused-ring (bicyclic) bond motifs is 2. The first-order valence-corrected chi connectivity index (χ1v) is 21.7. The molecule has 0 amide bonds. The van der Waals surface area contributed by atoms with Gasteiger partial charge in [0.2, 0.25) is 0 Å². The molecule has 2 bridgehead atoms. The van der Waals surface area contributed by atoms with Crippen molar-refractivity contribution in [2.75, 3.05) is 0 Å². The van der Waals surface area contributed by atoms with E-state index in [1.807, 2.05) is 42.5 Å². The molecule has 0 aliphatic heterocycles. The fraction of sp³-hybridized carbons (Fsp3) is 0.193. The number of benzene rings is 7. The van der Waals surface area contributed by atoms with Gasteiger partial charge in [0.05, 0.1) is 11.6 Å². The zero-order valence-corrected chi connectivity index (χ0v) is 34.8. The van der Waals surface area contributed by atoms with Crippen molar-refractivity contribution in [2.45, 2.75) is 51.4 Å². The monoisotopic (exact) mass is 788 g/mol. The van der Waals surface area contributed by atoms with Gasteiger partial charge in [-0.15, -0.1) is 0 Å². The van der Waals surface area contributed by atoms with Crippen molar-refractivity contribution in [2.24, 2.45) is 17.8 Å². The Bertz CT molecular complexity index is 2770. The van der Waals surface area contributed by atoms with Crippen LogP contribution in [0.15, 0.2) is 176 Å². The molecule has 2 fully saturated rings. The highest BCUT2D eigenvalue weighted by Crippen LogP contribution is 2.54. The van der Waals surface area contributed by atoms with Crippen molar-refractivity contribution in [3.63, 3.8) is 0 Å². The minimum atomic E-state index is 0.263. The van der Waals surface area contributed by atoms with E-state index in [0.717, 1.165) is 79.0 Å². The van der Waals surface area contributed by atoms with Crippen molar-refractivity contribution in [3.8, 4) is 84.7 Å². The highest BCUT2D eigenvalue weighted by molar-refractivity contribution is 5.88. The Morgan fingerprint density at radius 2 is 0.902 bits per heavy atom. The van der Waals surface area contributed by atoms with Crippen molar-refractivity contribution < 1.29 is 0 Å². The Balaban J connectivity index is 1.14. The smallest absolute Gasteiger partial charge is 0.164 e. The van der Waals surface area contributed by atoms with Gasteiger partial charge in [-0.3, -0.25) is 0 Å². The Morgan fingerprint density at radius 1 is 0.426 bits per heavy atom. The van der Waals surface area contributed by atoms with Crippen LogP contribution in [-0.4, -0.2) is 15.0 Å². The lowest BCUT2D eigenvalue weighted by atomic mass is 9.54. The van der Waals surface area contributed by atoms with Crippen LogP contribution in [0.1, 0.15) is 57.1 Å². The Hall–Kier alpha value is -6.96. The molecule has 0 radical (unpaired) electrons. The second kappa shape index (κ2) is 16.2. The van der Waals surface area contributed by atoms with Gasteiger partial charge in [0, 0.05) is 16.7 Å². The van der Waals surface area contributed by atoms with Gasteiger partial charge in [-0.1, -0.05) is 172 Å². The third-order valence-electron chi connectivity index (χ3n) is 13.2. The maximum absolute atomic E-state index is 10.0. The lowest BCUT2D eigenvalue weighted by Gasteiger charge is -2.50. The third kappa shape index (κ3) is 7.58. The van der Waals surface area contributed by atoms with Crippen LogP contribution in [0, 0.1) is 29.1 Å². The first kappa shape index (κ1) is 38.3. The van der Waals surface area contributed by atoms with E-state index in [1.165, 1.54) is 37.7 Å². The standard InChI is InChI=1S/C57H48N4/c1-38-30-41-31-39(2)35-57(34-38,36-41)47-27-24-44(25-28-47)50-29-26-46(33-53(50)45-19-13-14-40(32-45)37-58)54-59-55(51-22-11-9-20-48(51)42-15-5-3-6-16-42)61-56(60-54)52-23-12-10-21-49(52)43-17-7-4-8-18-43/h3-29,32-33,38-39,41H,30-31,34-36H2,1-2H3/t38-,39+,41?,57?. The van der Waals surface area contributed by atoms with Gasteiger partial charge in [0.1, 0.15) is 0 Å². The van der Waals surface area contributed by atoms with Gasteiger partial charge in [0.25, 0.3) is 0 Å². The molecule has 7 aromatic carbocycles. The fourth-order valence-electron chi connectivity index (χ4n) is 10.8. The Morgan fingerprint density at radius 3 is 1.48 bits per heavy atom. The molecule has 296 valence electrons. The lowest BCUT2D eigenvalue weighted by molar-refractivity contribution is 0.0780. The molecule has 10 rings (SSSR count). The van der Waals surface area contributed by atoms with Crippen LogP contribution in [0.2, 0.25) is 0 Å². The maximum atomic E-state index is 10.0. The van der Waals surface area contributed by atoms with Crippen LogP contribution in [-0.2, 0) is 5.41 Å². The molecule has 2 saturated carbocycles. The predicted molar refractivity (Wildman–Crippen MR) is 249 cm³/mol. The number of aromatic nitrogens is 3. The number of nitriles is 1. The number of rotatable bonds is 8. The highest BCUT2D eigenvalue weighted by atomic mass is 15.0. The van der Waals surface area contributed by atoms with Crippen LogP contribution in [0.3, 0.4) is 0 Å². The lowest BCUT2D eigenvalue weighted by Crippen LogP contribution is -2.42. The summed E-state index contributed by atoms with van der Waals surface area (Å²) in [6.07, 6.45) is 6.59. The largest absolute Gasteiger partial charge is 0.208 e. The van der Waals surface area contributed by atoms with Crippen LogP contribution in [0.4, 0.5) is 0 Å². The van der Waals surface area contributed by atoms with Crippen LogP contribution in [0.25, 0.3) is 78.7 Å². The van der Waals surface area contributed by atoms with Gasteiger partial charge in [-0.05, 0) is 124 Å². The SMILES string of the molecule is C[C@@H]1CC2C[C@H](C)CC(c3ccc(-c4ccc(-c5nc(-c6ccccc6-c6ccccc6)nc(-c6ccccc6-c6ccccc6)n5)cc4-c4cccc(C#N)c4)cc3)(C2)C1. The van der Waals surface area contributed by atoms with Crippen molar-refractivity contribution >= 4 is 0 Å². The maximum Gasteiger partial charge on any atom is 0.164 e. The van der Waals surface area contributed by atoms with E-state index < -0.39 is 0 Å². The zero-order valence-electron chi connectivity index (χ0n) is 34.8. The average Bonchev–Trinajstić information content (AvgIpc) is 3.31. The summed E-state index contributed by atoms with van der Waals surface area (Å²) in [5.41, 5.74) is 13.6. The molecule has 0 spiro atoms. The molecule has 4 nitrogen and oxygen atoms in total. The van der Waals surface area contributed by atoms with Gasteiger partial charge in [0.15, 0.2) is 17.5 Å². The number of hydrogen-bond acceptors (Lipinski definition) is 4. The minimum Gasteiger partial charge on any atom is -0.208 e. The number of hydrogen-bond donors (Lipinski definition) is 0. The summed E-state index contributed by atoms with van der Waals surface area (Å²) in [5, 5.41) is 10.0. The summed E-state index contributed by atoms with van der Waals surface area (Å²) in [5.74, 6) is 4.13. The summed E-state index contributed by atoms with van der Waals surface area (Å²) in [6.45, 7) is 4.91. The van der Waals surface area contributed by atoms with E-state index in [-0.39, 0.29) is 5.41 Å². The Labute approximate surface area is 359 Å². The molecule has 2 aliphatic rings. The molecular formula is C57H48N4. The van der Waals surface area contributed by atoms with Crippen LogP contribution < -0.4 is 0 Å². The molecule has 2 aliphatic carbocycles. The molecule has 4 heteroatoms.